The number of hydrogen-bond donors (Lipinski definition) is 1. The van der Waals surface area contributed by atoms with E-state index in [9.17, 15) is 4.79 Å². The molecule has 3 aromatic rings. The summed E-state index contributed by atoms with van der Waals surface area (Å²) in [4.78, 5) is 17.8. The Morgan fingerprint density at radius 2 is 1.90 bits per heavy atom. The molecule has 1 aliphatic rings. The number of carbonyl (C=O) groups is 1. The molecule has 1 aliphatic heterocycles. The van der Waals surface area contributed by atoms with Gasteiger partial charge in [-0.05, 0) is 35.9 Å². The van der Waals surface area contributed by atoms with Crippen LogP contribution in [0.25, 0.3) is 0 Å². The Morgan fingerprint density at radius 1 is 1.16 bits per heavy atom. The fourth-order valence-corrected chi connectivity index (χ4v) is 4.04. The molecule has 7 nitrogen and oxygen atoms in total. The molecule has 0 fully saturated rings. The predicted octanol–water partition coefficient (Wildman–Crippen LogP) is 4.43. The van der Waals surface area contributed by atoms with E-state index in [-0.39, 0.29) is 12.6 Å². The summed E-state index contributed by atoms with van der Waals surface area (Å²) in [5.74, 6) is 1.82. The minimum atomic E-state index is -0.455. The van der Waals surface area contributed by atoms with Crippen LogP contribution < -0.4 is 10.1 Å². The van der Waals surface area contributed by atoms with E-state index in [1.807, 2.05) is 61.5 Å². The van der Waals surface area contributed by atoms with Gasteiger partial charge < -0.3 is 14.8 Å². The Labute approximate surface area is 185 Å². The van der Waals surface area contributed by atoms with Crippen molar-refractivity contribution in [3.05, 3.63) is 77.0 Å². The molecule has 31 heavy (non-hydrogen) atoms. The second kappa shape index (κ2) is 9.26. The lowest BCUT2D eigenvalue weighted by molar-refractivity contribution is -0.140. The van der Waals surface area contributed by atoms with Crippen LogP contribution in [0.4, 0.5) is 5.95 Å². The van der Waals surface area contributed by atoms with Gasteiger partial charge in [0.25, 0.3) is 0 Å². The first kappa shape index (κ1) is 21.0. The van der Waals surface area contributed by atoms with Crippen LogP contribution in [0.3, 0.4) is 0 Å². The molecule has 1 unspecified atom stereocenters. The number of allylic oxidation sites excluding steroid dienone is 1. The van der Waals surface area contributed by atoms with E-state index in [1.54, 1.807) is 23.6 Å². The standard InChI is InChI=1S/C23H24N4O3S/c1-4-31-23-25-22-24-15(2)19(21(28)30-14-16-8-6-5-7-9-16)20(27(22)26-23)17-10-12-18(29-3)13-11-17/h5-13,20H,4,14H2,1-3H3,(H,24,25,26). The molecule has 1 atom stereocenters. The predicted molar refractivity (Wildman–Crippen MR) is 120 cm³/mol. The number of thioether (sulfide) groups is 1. The average Bonchev–Trinajstić information content (AvgIpc) is 3.19. The Balaban J connectivity index is 1.70. The van der Waals surface area contributed by atoms with E-state index in [0.29, 0.717) is 22.4 Å². The summed E-state index contributed by atoms with van der Waals surface area (Å²) in [7, 11) is 1.62. The first-order chi connectivity index (χ1) is 15.1. The summed E-state index contributed by atoms with van der Waals surface area (Å²) >= 11 is 1.55. The van der Waals surface area contributed by atoms with Crippen molar-refractivity contribution in [3.8, 4) is 5.75 Å². The van der Waals surface area contributed by atoms with Crippen molar-refractivity contribution in [3.63, 3.8) is 0 Å². The van der Waals surface area contributed by atoms with Crippen molar-refractivity contribution in [1.82, 2.24) is 14.8 Å². The number of aromatic nitrogens is 3. The van der Waals surface area contributed by atoms with Crippen LogP contribution in [-0.4, -0.2) is 33.6 Å². The van der Waals surface area contributed by atoms with Crippen LogP contribution in [0.2, 0.25) is 0 Å². The zero-order valence-corrected chi connectivity index (χ0v) is 18.5. The van der Waals surface area contributed by atoms with Crippen molar-refractivity contribution in [2.45, 2.75) is 31.7 Å². The van der Waals surface area contributed by atoms with Gasteiger partial charge in [0.2, 0.25) is 11.1 Å². The third kappa shape index (κ3) is 4.44. The van der Waals surface area contributed by atoms with Crippen molar-refractivity contribution in [2.24, 2.45) is 0 Å². The molecule has 0 amide bonds. The van der Waals surface area contributed by atoms with Gasteiger partial charge in [0, 0.05) is 5.70 Å². The Morgan fingerprint density at radius 3 is 2.58 bits per heavy atom. The van der Waals surface area contributed by atoms with Gasteiger partial charge >= 0.3 is 5.97 Å². The summed E-state index contributed by atoms with van der Waals surface area (Å²) in [6.45, 7) is 4.11. The second-order valence-corrected chi connectivity index (χ2v) is 8.23. The lowest BCUT2D eigenvalue weighted by Crippen LogP contribution is -2.29. The molecule has 8 heteroatoms. The number of anilines is 1. The number of nitrogens with zero attached hydrogens (tertiary/aromatic N) is 3. The molecule has 160 valence electrons. The van der Waals surface area contributed by atoms with E-state index in [4.69, 9.17) is 9.47 Å². The van der Waals surface area contributed by atoms with Gasteiger partial charge in [-0.15, -0.1) is 5.10 Å². The van der Waals surface area contributed by atoms with Crippen LogP contribution in [0, 0.1) is 0 Å². The monoisotopic (exact) mass is 436 g/mol. The third-order valence-electron chi connectivity index (χ3n) is 4.97. The number of rotatable bonds is 7. The van der Waals surface area contributed by atoms with Crippen LogP contribution >= 0.6 is 11.8 Å². The number of esters is 1. The lowest BCUT2D eigenvalue weighted by Gasteiger charge is -2.28. The van der Waals surface area contributed by atoms with Gasteiger partial charge in [0.15, 0.2) is 0 Å². The van der Waals surface area contributed by atoms with Gasteiger partial charge in [0.1, 0.15) is 18.4 Å². The highest BCUT2D eigenvalue weighted by atomic mass is 32.2. The first-order valence-corrected chi connectivity index (χ1v) is 11.0. The number of ether oxygens (including phenoxy) is 2. The number of nitrogens with one attached hydrogen (secondary N) is 1. The number of methoxy groups -OCH3 is 1. The summed E-state index contributed by atoms with van der Waals surface area (Å²) in [5, 5.41) is 8.54. The highest BCUT2D eigenvalue weighted by Gasteiger charge is 2.35. The fourth-order valence-electron chi connectivity index (χ4n) is 3.48. The van der Waals surface area contributed by atoms with Crippen LogP contribution in [0.1, 0.15) is 31.0 Å². The largest absolute Gasteiger partial charge is 0.497 e. The van der Waals surface area contributed by atoms with Crippen molar-refractivity contribution >= 4 is 23.7 Å². The minimum Gasteiger partial charge on any atom is -0.497 e. The van der Waals surface area contributed by atoms with Gasteiger partial charge in [-0.3, -0.25) is 0 Å². The Bertz CT molecular complexity index is 1090. The second-order valence-electron chi connectivity index (χ2n) is 7.00. The van der Waals surface area contributed by atoms with Crippen LogP contribution in [0.5, 0.6) is 5.75 Å². The molecule has 0 saturated carbocycles. The summed E-state index contributed by atoms with van der Waals surface area (Å²) < 4.78 is 12.7. The normalized spacial score (nSPS) is 15.3. The molecular formula is C23H24N4O3S. The van der Waals surface area contributed by atoms with Crippen LogP contribution in [0.15, 0.2) is 71.0 Å². The van der Waals surface area contributed by atoms with Gasteiger partial charge in [-0.25, -0.2) is 9.48 Å². The maximum atomic E-state index is 13.2. The number of benzene rings is 2. The SMILES string of the molecule is CCSc1nc2n(n1)C(c1ccc(OC)cc1)C(C(=O)OCc1ccccc1)=C(C)N2. The molecule has 0 bridgehead atoms. The molecule has 1 aromatic heterocycles. The van der Waals surface area contributed by atoms with E-state index < -0.39 is 6.04 Å². The minimum absolute atomic E-state index is 0.201. The summed E-state index contributed by atoms with van der Waals surface area (Å²) in [5.41, 5.74) is 3.04. The van der Waals surface area contributed by atoms with Gasteiger partial charge in [0.05, 0.1) is 12.7 Å². The number of fused-ring (bicyclic) bond motifs is 1. The average molecular weight is 437 g/mol. The summed E-state index contributed by atoms with van der Waals surface area (Å²) in [6.07, 6.45) is 0. The maximum Gasteiger partial charge on any atom is 0.338 e. The van der Waals surface area contributed by atoms with E-state index in [1.165, 1.54) is 0 Å². The number of carbonyl (C=O) groups excluding carboxylic acids is 1. The zero-order chi connectivity index (χ0) is 21.8. The van der Waals surface area contributed by atoms with Gasteiger partial charge in [-0.1, -0.05) is 61.2 Å². The van der Waals surface area contributed by atoms with Crippen molar-refractivity contribution < 1.29 is 14.3 Å². The maximum absolute atomic E-state index is 13.2. The lowest BCUT2D eigenvalue weighted by atomic mass is 9.96. The quantitative estimate of drug-likeness (QED) is 0.434. The van der Waals surface area contributed by atoms with Gasteiger partial charge in [-0.2, -0.15) is 4.98 Å². The first-order valence-electron chi connectivity index (χ1n) is 10.0. The van der Waals surface area contributed by atoms with Crippen LogP contribution in [-0.2, 0) is 16.1 Å². The molecule has 2 heterocycles. The zero-order valence-electron chi connectivity index (χ0n) is 17.7. The van der Waals surface area contributed by atoms with E-state index >= 15 is 0 Å². The topological polar surface area (TPSA) is 78.3 Å². The van der Waals surface area contributed by atoms with Crippen molar-refractivity contribution in [1.29, 1.82) is 0 Å². The molecule has 2 aromatic carbocycles. The van der Waals surface area contributed by atoms with E-state index in [2.05, 4.69) is 22.3 Å². The third-order valence-corrected chi connectivity index (χ3v) is 5.69. The van der Waals surface area contributed by atoms with Crippen molar-refractivity contribution in [2.75, 3.05) is 18.2 Å². The molecule has 4 rings (SSSR count). The Hall–Kier alpha value is -3.26. The summed E-state index contributed by atoms with van der Waals surface area (Å²) in [6, 6.07) is 16.8. The number of hydrogen-bond acceptors (Lipinski definition) is 7. The molecule has 0 saturated heterocycles. The molecular weight excluding hydrogens is 412 g/mol. The van der Waals surface area contributed by atoms with E-state index in [0.717, 1.165) is 22.6 Å². The Kier molecular flexibility index (Phi) is 6.27. The smallest absolute Gasteiger partial charge is 0.338 e. The molecule has 0 spiro atoms. The fraction of sp³-hybridized carbons (Fsp3) is 0.261. The highest BCUT2D eigenvalue weighted by molar-refractivity contribution is 7.99. The molecule has 0 aliphatic carbocycles. The molecule has 1 N–H and O–H groups in total. The highest BCUT2D eigenvalue weighted by Crippen LogP contribution is 2.37. The molecule has 0 radical (unpaired) electrons.